The topological polar surface area (TPSA) is 55.4 Å². The molecule has 1 aromatic rings. The van der Waals surface area contributed by atoms with E-state index in [1.165, 1.54) is 12.8 Å². The molecule has 1 heterocycles. The van der Waals surface area contributed by atoms with E-state index >= 15 is 0 Å². The zero-order valence-corrected chi connectivity index (χ0v) is 12.4. The maximum absolute atomic E-state index is 12.0. The molecule has 0 bridgehead atoms. The minimum absolute atomic E-state index is 0.124. The minimum atomic E-state index is -3.08. The fourth-order valence-electron chi connectivity index (χ4n) is 2.64. The number of rotatable bonds is 6. The van der Waals surface area contributed by atoms with Gasteiger partial charge in [0.25, 0.3) is 0 Å². The first-order valence-corrected chi connectivity index (χ1v) is 8.95. The molecule has 110 valence electrons. The van der Waals surface area contributed by atoms with Gasteiger partial charge in [0.2, 0.25) is 0 Å². The van der Waals surface area contributed by atoms with Gasteiger partial charge < -0.3 is 10.1 Å². The zero-order chi connectivity index (χ0) is 14.0. The van der Waals surface area contributed by atoms with Crippen molar-refractivity contribution in [3.63, 3.8) is 0 Å². The molecular weight excluding hydrogens is 274 g/mol. The number of hydrogen-bond donors (Lipinski definition) is 1. The van der Waals surface area contributed by atoms with Crippen LogP contribution in [0.25, 0.3) is 0 Å². The summed E-state index contributed by atoms with van der Waals surface area (Å²) in [6, 6.07) is 7.44. The van der Waals surface area contributed by atoms with Crippen LogP contribution in [-0.2, 0) is 14.6 Å². The van der Waals surface area contributed by atoms with Crippen molar-refractivity contribution in [1.82, 2.24) is 5.32 Å². The standard InChI is InChI=1S/C15H21NO3S/c17-20(18)10-7-14(13-3-1-2-4-15(13)20)16-8-9-19-11-12-5-6-12/h1-4,12,14,16H,5-11H2. The number of benzene rings is 1. The van der Waals surface area contributed by atoms with E-state index in [4.69, 9.17) is 4.74 Å². The Morgan fingerprint density at radius 1 is 1.20 bits per heavy atom. The monoisotopic (exact) mass is 295 g/mol. The van der Waals surface area contributed by atoms with E-state index < -0.39 is 9.84 Å². The molecule has 3 rings (SSSR count). The smallest absolute Gasteiger partial charge is 0.178 e. The molecule has 1 fully saturated rings. The van der Waals surface area contributed by atoms with Crippen LogP contribution in [0, 0.1) is 5.92 Å². The lowest BCUT2D eigenvalue weighted by atomic mass is 10.0. The highest BCUT2D eigenvalue weighted by Gasteiger charge is 2.29. The Morgan fingerprint density at radius 3 is 2.80 bits per heavy atom. The molecule has 0 radical (unpaired) electrons. The Balaban J connectivity index is 1.57. The summed E-state index contributed by atoms with van der Waals surface area (Å²) in [5, 5.41) is 3.42. The first kappa shape index (κ1) is 14.0. The Morgan fingerprint density at radius 2 is 2.00 bits per heavy atom. The lowest BCUT2D eigenvalue weighted by molar-refractivity contribution is 0.124. The van der Waals surface area contributed by atoms with Gasteiger partial charge in [0.15, 0.2) is 9.84 Å². The van der Waals surface area contributed by atoms with Crippen molar-refractivity contribution in [2.45, 2.75) is 30.2 Å². The quantitative estimate of drug-likeness (QED) is 0.815. The van der Waals surface area contributed by atoms with Gasteiger partial charge in [-0.1, -0.05) is 18.2 Å². The summed E-state index contributed by atoms with van der Waals surface area (Å²) in [5.41, 5.74) is 0.904. The van der Waals surface area contributed by atoms with Gasteiger partial charge in [0.05, 0.1) is 17.3 Å². The van der Waals surface area contributed by atoms with Crippen LogP contribution in [0.1, 0.15) is 30.9 Å². The van der Waals surface area contributed by atoms with Crippen molar-refractivity contribution in [1.29, 1.82) is 0 Å². The van der Waals surface area contributed by atoms with Gasteiger partial charge in [-0.3, -0.25) is 0 Å². The molecule has 5 heteroatoms. The molecule has 0 aromatic heterocycles. The summed E-state index contributed by atoms with van der Waals surface area (Å²) in [7, 11) is -3.08. The molecule has 4 nitrogen and oxygen atoms in total. The predicted octanol–water partition coefficient (Wildman–Crippen LogP) is 1.92. The van der Waals surface area contributed by atoms with Crippen LogP contribution in [0.2, 0.25) is 0 Å². The molecule has 1 atom stereocenters. The highest BCUT2D eigenvalue weighted by atomic mass is 32.2. The van der Waals surface area contributed by atoms with E-state index in [2.05, 4.69) is 5.32 Å². The third-order valence-corrected chi connectivity index (χ3v) is 5.81. The summed E-state index contributed by atoms with van der Waals surface area (Å²) in [6.45, 7) is 2.34. The number of sulfone groups is 1. The lowest BCUT2D eigenvalue weighted by Crippen LogP contribution is -2.31. The number of hydrogen-bond acceptors (Lipinski definition) is 4. The highest BCUT2D eigenvalue weighted by Crippen LogP contribution is 2.31. The van der Waals surface area contributed by atoms with Crippen molar-refractivity contribution in [3.8, 4) is 0 Å². The van der Waals surface area contributed by atoms with Gasteiger partial charge in [-0.25, -0.2) is 8.42 Å². The second-order valence-corrected chi connectivity index (χ2v) is 7.75. The summed E-state index contributed by atoms with van der Waals surface area (Å²) in [5.74, 6) is 1.01. The van der Waals surface area contributed by atoms with Crippen LogP contribution in [0.3, 0.4) is 0 Å². The third-order valence-electron chi connectivity index (χ3n) is 3.99. The second-order valence-electron chi connectivity index (χ2n) is 5.67. The summed E-state index contributed by atoms with van der Waals surface area (Å²) < 4.78 is 29.6. The Labute approximate surface area is 120 Å². The number of ether oxygens (including phenoxy) is 1. The highest BCUT2D eigenvalue weighted by molar-refractivity contribution is 7.91. The average Bonchev–Trinajstić information content (AvgIpc) is 3.25. The molecule has 1 aliphatic heterocycles. The fraction of sp³-hybridized carbons (Fsp3) is 0.600. The third kappa shape index (κ3) is 3.22. The zero-order valence-electron chi connectivity index (χ0n) is 11.5. The molecule has 1 N–H and O–H groups in total. The van der Waals surface area contributed by atoms with Crippen molar-refractivity contribution >= 4 is 9.84 Å². The maximum Gasteiger partial charge on any atom is 0.178 e. The molecule has 2 aliphatic rings. The van der Waals surface area contributed by atoms with Crippen molar-refractivity contribution in [3.05, 3.63) is 29.8 Å². The largest absolute Gasteiger partial charge is 0.380 e. The molecule has 1 aliphatic carbocycles. The van der Waals surface area contributed by atoms with E-state index in [0.29, 0.717) is 17.9 Å². The Hall–Kier alpha value is -0.910. The van der Waals surface area contributed by atoms with Gasteiger partial charge in [0.1, 0.15) is 0 Å². The number of nitrogens with one attached hydrogen (secondary N) is 1. The molecule has 20 heavy (non-hydrogen) atoms. The predicted molar refractivity (Wildman–Crippen MR) is 77.4 cm³/mol. The van der Waals surface area contributed by atoms with E-state index in [0.717, 1.165) is 24.6 Å². The normalized spacial score (nSPS) is 24.3. The van der Waals surface area contributed by atoms with Crippen LogP contribution in [-0.4, -0.2) is 33.9 Å². The molecular formula is C15H21NO3S. The summed E-state index contributed by atoms with van der Waals surface area (Å²) in [6.07, 6.45) is 3.25. The van der Waals surface area contributed by atoms with Crippen LogP contribution >= 0.6 is 0 Å². The van der Waals surface area contributed by atoms with Crippen molar-refractivity contribution in [2.75, 3.05) is 25.5 Å². The molecule has 0 saturated heterocycles. The number of fused-ring (bicyclic) bond motifs is 1. The first-order chi connectivity index (χ1) is 9.67. The Bertz CT molecular complexity index is 566. The van der Waals surface area contributed by atoms with Gasteiger partial charge >= 0.3 is 0 Å². The molecule has 1 unspecified atom stereocenters. The van der Waals surface area contributed by atoms with Crippen LogP contribution in [0.15, 0.2) is 29.2 Å². The van der Waals surface area contributed by atoms with E-state index in [-0.39, 0.29) is 11.8 Å². The van der Waals surface area contributed by atoms with Crippen LogP contribution < -0.4 is 5.32 Å². The Kier molecular flexibility index (Phi) is 4.10. The van der Waals surface area contributed by atoms with E-state index in [1.807, 2.05) is 12.1 Å². The molecule has 1 saturated carbocycles. The van der Waals surface area contributed by atoms with Crippen LogP contribution in [0.5, 0.6) is 0 Å². The fourth-order valence-corrected chi connectivity index (χ4v) is 4.26. The van der Waals surface area contributed by atoms with Crippen molar-refractivity contribution < 1.29 is 13.2 Å². The van der Waals surface area contributed by atoms with Crippen molar-refractivity contribution in [2.24, 2.45) is 5.92 Å². The summed E-state index contributed by atoms with van der Waals surface area (Å²) in [4.78, 5) is 0.489. The van der Waals surface area contributed by atoms with E-state index in [1.54, 1.807) is 12.1 Å². The SMILES string of the molecule is O=S1(=O)CCC(NCCOCC2CC2)c2ccccc21. The minimum Gasteiger partial charge on any atom is -0.380 e. The molecule has 0 amide bonds. The average molecular weight is 295 g/mol. The second kappa shape index (κ2) is 5.84. The van der Waals surface area contributed by atoms with Gasteiger partial charge in [-0.05, 0) is 36.8 Å². The van der Waals surface area contributed by atoms with Gasteiger partial charge in [-0.15, -0.1) is 0 Å². The molecule has 0 spiro atoms. The summed E-state index contributed by atoms with van der Waals surface area (Å²) >= 11 is 0. The van der Waals surface area contributed by atoms with E-state index in [9.17, 15) is 8.42 Å². The maximum atomic E-state index is 12.0. The van der Waals surface area contributed by atoms with Gasteiger partial charge in [0, 0.05) is 19.2 Å². The lowest BCUT2D eigenvalue weighted by Gasteiger charge is -2.26. The van der Waals surface area contributed by atoms with Crippen LogP contribution in [0.4, 0.5) is 0 Å². The first-order valence-electron chi connectivity index (χ1n) is 7.29. The molecule has 1 aromatic carbocycles. The van der Waals surface area contributed by atoms with Gasteiger partial charge in [-0.2, -0.15) is 0 Å².